The van der Waals surface area contributed by atoms with Crippen molar-refractivity contribution in [2.45, 2.75) is 91.9 Å². The van der Waals surface area contributed by atoms with Gasteiger partial charge in [-0.2, -0.15) is 5.10 Å². The van der Waals surface area contributed by atoms with E-state index >= 15 is 0 Å². The van der Waals surface area contributed by atoms with Crippen LogP contribution in [0.3, 0.4) is 0 Å². The Kier molecular flexibility index (Phi) is 8.83. The van der Waals surface area contributed by atoms with Crippen molar-refractivity contribution in [2.24, 2.45) is 5.92 Å². The van der Waals surface area contributed by atoms with E-state index in [1.807, 2.05) is 70.5 Å². The fourth-order valence-corrected chi connectivity index (χ4v) is 5.30. The molecule has 0 radical (unpaired) electrons. The molecule has 1 aliphatic heterocycles. The number of aryl methyl sites for hydroxylation is 1. The van der Waals surface area contributed by atoms with Crippen molar-refractivity contribution in [3.63, 3.8) is 0 Å². The minimum Gasteiger partial charge on any atom is -0.444 e. The number of nitrogens with zero attached hydrogens (tertiary/aromatic N) is 5. The van der Waals surface area contributed by atoms with Gasteiger partial charge < -0.3 is 14.4 Å². The number of ether oxygens (including phenoxy) is 2. The minimum absolute atomic E-state index is 0.270. The smallest absolute Gasteiger partial charge is 0.416 e. The third-order valence-corrected chi connectivity index (χ3v) is 7.11. The molecule has 2 amide bonds. The molecule has 0 bridgehead atoms. The number of aromatic nitrogens is 3. The number of hydrogen-bond acceptors (Lipinski definition) is 6. The van der Waals surface area contributed by atoms with Crippen LogP contribution >= 0.6 is 11.6 Å². The average molecular weight is 572 g/mol. The number of likely N-dealkylation sites (tertiary alicyclic amines) is 1. The Morgan fingerprint density at radius 3 is 2.33 bits per heavy atom. The molecule has 0 spiro atoms. The second-order valence-electron chi connectivity index (χ2n) is 12.5. The molecule has 1 fully saturated rings. The Bertz CT molecular complexity index is 1370. The van der Waals surface area contributed by atoms with E-state index in [2.05, 4.69) is 11.9 Å². The first-order chi connectivity index (χ1) is 18.8. The van der Waals surface area contributed by atoms with E-state index in [0.717, 1.165) is 42.0 Å². The summed E-state index contributed by atoms with van der Waals surface area (Å²) in [5.41, 5.74) is 0.133. The summed E-state index contributed by atoms with van der Waals surface area (Å²) in [6, 6.07) is 7.78. The van der Waals surface area contributed by atoms with E-state index in [1.54, 1.807) is 9.80 Å². The van der Waals surface area contributed by atoms with E-state index in [0.29, 0.717) is 48.6 Å². The molecular formula is C30H42ClN5O4. The summed E-state index contributed by atoms with van der Waals surface area (Å²) in [5, 5.41) is 6.82. The van der Waals surface area contributed by atoms with Crippen molar-refractivity contribution in [3.8, 4) is 0 Å². The van der Waals surface area contributed by atoms with Crippen LogP contribution in [-0.2, 0) is 16.0 Å². The standard InChI is InChI=1S/C30H42ClN5O4/c1-8-16-36-26(23-21-11-9-10-12-22(21)32-25(31)24(23)33-36)35(28(38)40-30(5,6)7)19-15-20-13-17-34(18-14-20)27(37)39-29(2,3)4/h9-12,20H,8,13-19H2,1-7H3. The van der Waals surface area contributed by atoms with Gasteiger partial charge in [-0.1, -0.05) is 36.7 Å². The van der Waals surface area contributed by atoms with Crippen molar-refractivity contribution in [1.29, 1.82) is 0 Å². The monoisotopic (exact) mass is 571 g/mol. The summed E-state index contributed by atoms with van der Waals surface area (Å²) in [5.74, 6) is 1.03. The molecule has 4 rings (SSSR count). The van der Waals surface area contributed by atoms with Gasteiger partial charge in [0, 0.05) is 31.6 Å². The molecule has 1 aromatic carbocycles. The summed E-state index contributed by atoms with van der Waals surface area (Å²) in [7, 11) is 0. The molecule has 2 aromatic heterocycles. The van der Waals surface area contributed by atoms with E-state index in [1.165, 1.54) is 0 Å². The first kappa shape index (κ1) is 29.9. The number of hydrogen-bond donors (Lipinski definition) is 0. The zero-order chi connectivity index (χ0) is 29.2. The molecule has 218 valence electrons. The fourth-order valence-electron chi connectivity index (χ4n) is 5.07. The van der Waals surface area contributed by atoms with Gasteiger partial charge in [-0.05, 0) is 79.2 Å². The molecule has 1 aliphatic rings. The lowest BCUT2D eigenvalue weighted by Gasteiger charge is -2.34. The number of anilines is 1. The number of benzene rings is 1. The van der Waals surface area contributed by atoms with Crippen LogP contribution < -0.4 is 4.90 Å². The summed E-state index contributed by atoms with van der Waals surface area (Å²) in [4.78, 5) is 34.4. The number of amides is 2. The predicted molar refractivity (Wildman–Crippen MR) is 159 cm³/mol. The average Bonchev–Trinajstić information content (AvgIpc) is 3.22. The van der Waals surface area contributed by atoms with Crippen LogP contribution in [0.1, 0.15) is 74.1 Å². The van der Waals surface area contributed by atoms with E-state index in [9.17, 15) is 9.59 Å². The third-order valence-electron chi connectivity index (χ3n) is 6.85. The molecular weight excluding hydrogens is 530 g/mol. The summed E-state index contributed by atoms with van der Waals surface area (Å²) >= 11 is 6.63. The number of piperidine rings is 1. The number of rotatable bonds is 6. The third kappa shape index (κ3) is 6.97. The van der Waals surface area contributed by atoms with Gasteiger partial charge in [0.05, 0.1) is 10.9 Å². The normalized spacial score (nSPS) is 15.1. The number of pyridine rings is 1. The van der Waals surface area contributed by atoms with Crippen molar-refractivity contribution in [2.75, 3.05) is 24.5 Å². The lowest BCUT2D eigenvalue weighted by Crippen LogP contribution is -2.43. The molecule has 0 saturated carbocycles. The maximum absolute atomic E-state index is 13.8. The Morgan fingerprint density at radius 1 is 1.05 bits per heavy atom. The first-order valence-electron chi connectivity index (χ1n) is 14.2. The van der Waals surface area contributed by atoms with Gasteiger partial charge in [-0.3, -0.25) is 4.90 Å². The van der Waals surface area contributed by atoms with Crippen LogP contribution in [0.2, 0.25) is 5.15 Å². The zero-order valence-corrected chi connectivity index (χ0v) is 25.5. The second-order valence-corrected chi connectivity index (χ2v) is 12.9. The number of carbonyl (C=O) groups excluding carboxylic acids is 2. The van der Waals surface area contributed by atoms with Gasteiger partial charge in [-0.25, -0.2) is 19.3 Å². The molecule has 0 N–H and O–H groups in total. The first-order valence-corrected chi connectivity index (χ1v) is 14.6. The number of halogens is 1. The summed E-state index contributed by atoms with van der Waals surface area (Å²) in [6.45, 7) is 15.6. The highest BCUT2D eigenvalue weighted by atomic mass is 35.5. The van der Waals surface area contributed by atoms with Gasteiger partial charge in [0.15, 0.2) is 5.15 Å². The molecule has 9 nitrogen and oxygen atoms in total. The van der Waals surface area contributed by atoms with Gasteiger partial charge in [0.25, 0.3) is 0 Å². The summed E-state index contributed by atoms with van der Waals surface area (Å²) in [6.07, 6.45) is 2.58. The van der Waals surface area contributed by atoms with Crippen molar-refractivity contribution in [1.82, 2.24) is 19.7 Å². The SMILES string of the molecule is CCCn1nc2c(Cl)nc3ccccc3c2c1N(CCC1CCN(C(=O)OC(C)(C)C)CC1)C(=O)OC(C)(C)C. The highest BCUT2D eigenvalue weighted by molar-refractivity contribution is 6.36. The molecule has 0 unspecified atom stereocenters. The topological polar surface area (TPSA) is 89.8 Å². The molecule has 3 aromatic rings. The van der Waals surface area contributed by atoms with Gasteiger partial charge in [-0.15, -0.1) is 0 Å². The number of carbonyl (C=O) groups is 2. The van der Waals surface area contributed by atoms with Gasteiger partial charge in [0.1, 0.15) is 22.5 Å². The van der Waals surface area contributed by atoms with E-state index < -0.39 is 17.3 Å². The maximum atomic E-state index is 13.8. The second kappa shape index (κ2) is 11.8. The largest absolute Gasteiger partial charge is 0.444 e. The molecule has 1 saturated heterocycles. The molecule has 3 heterocycles. The lowest BCUT2D eigenvalue weighted by atomic mass is 9.93. The zero-order valence-electron chi connectivity index (χ0n) is 24.8. The van der Waals surface area contributed by atoms with Gasteiger partial charge >= 0.3 is 12.2 Å². The lowest BCUT2D eigenvalue weighted by molar-refractivity contribution is 0.0182. The Morgan fingerprint density at radius 2 is 1.70 bits per heavy atom. The highest BCUT2D eigenvalue weighted by Crippen LogP contribution is 2.37. The quantitative estimate of drug-likeness (QED) is 0.286. The number of fused-ring (bicyclic) bond motifs is 3. The van der Waals surface area contributed by atoms with Crippen LogP contribution in [0, 0.1) is 5.92 Å². The Balaban J connectivity index is 1.65. The molecule has 0 atom stereocenters. The Hall–Kier alpha value is -3.07. The van der Waals surface area contributed by atoms with Crippen molar-refractivity contribution in [3.05, 3.63) is 29.4 Å². The minimum atomic E-state index is -0.666. The highest BCUT2D eigenvalue weighted by Gasteiger charge is 2.32. The predicted octanol–water partition coefficient (Wildman–Crippen LogP) is 7.43. The molecule has 40 heavy (non-hydrogen) atoms. The van der Waals surface area contributed by atoms with Crippen LogP contribution in [0.25, 0.3) is 21.8 Å². The van der Waals surface area contributed by atoms with Crippen LogP contribution in [-0.4, -0.2) is 62.7 Å². The van der Waals surface area contributed by atoms with Crippen molar-refractivity contribution < 1.29 is 19.1 Å². The molecule has 10 heteroatoms. The van der Waals surface area contributed by atoms with Crippen LogP contribution in [0.4, 0.5) is 15.4 Å². The van der Waals surface area contributed by atoms with Gasteiger partial charge in [0.2, 0.25) is 0 Å². The summed E-state index contributed by atoms with van der Waals surface area (Å²) < 4.78 is 13.3. The van der Waals surface area contributed by atoms with Crippen LogP contribution in [0.15, 0.2) is 24.3 Å². The van der Waals surface area contributed by atoms with E-state index in [4.69, 9.17) is 26.2 Å². The fraction of sp³-hybridized carbons (Fsp3) is 0.600. The van der Waals surface area contributed by atoms with Crippen molar-refractivity contribution >= 4 is 51.4 Å². The molecule has 0 aliphatic carbocycles. The maximum Gasteiger partial charge on any atom is 0.416 e. The number of para-hydroxylation sites is 1. The van der Waals surface area contributed by atoms with Crippen LogP contribution in [0.5, 0.6) is 0 Å². The Labute approximate surface area is 241 Å². The van der Waals surface area contributed by atoms with E-state index in [-0.39, 0.29) is 6.09 Å².